The lowest BCUT2D eigenvalue weighted by Crippen LogP contribution is -2.49. The topological polar surface area (TPSA) is 103 Å². The smallest absolute Gasteiger partial charge is 0.323 e. The van der Waals surface area contributed by atoms with Crippen molar-refractivity contribution in [2.45, 2.75) is 32.5 Å². The van der Waals surface area contributed by atoms with Crippen LogP contribution in [0.2, 0.25) is 10.0 Å². The second-order valence-electron chi connectivity index (χ2n) is 10.6. The van der Waals surface area contributed by atoms with Crippen LogP contribution in [0.5, 0.6) is 11.5 Å². The number of rotatable bonds is 9. The molecule has 0 aromatic heterocycles. The number of halogens is 2. The number of nitrogens with one attached hydrogen (secondary N) is 2. The summed E-state index contributed by atoms with van der Waals surface area (Å²) in [5.74, 6) is 0.771. The van der Waals surface area contributed by atoms with Crippen molar-refractivity contribution in [3.8, 4) is 11.5 Å². The molecule has 1 heterocycles. The number of amides is 3. The summed E-state index contributed by atoms with van der Waals surface area (Å²) in [6, 6.07) is 16.6. The fraction of sp³-hybridized carbons (Fsp3) is 0.355. The van der Waals surface area contributed by atoms with Crippen molar-refractivity contribution in [1.82, 2.24) is 9.80 Å². The minimum atomic E-state index is -0.463. The number of carbonyl (C=O) groups excluding carboxylic acids is 2. The first-order valence-electron chi connectivity index (χ1n) is 13.6. The van der Waals surface area contributed by atoms with Crippen LogP contribution in [-0.2, 0) is 6.54 Å². The molecule has 0 saturated carbocycles. The summed E-state index contributed by atoms with van der Waals surface area (Å²) in [5.41, 5.74) is 2.33. The number of nitrogens with zero attached hydrogens (tertiary/aromatic N) is 2. The Morgan fingerprint density at radius 2 is 1.79 bits per heavy atom. The standard InChI is InChI=1S/C31H36Cl2N4O5/c1-19-15-37(20(2)18-38)30(39)25-14-23(35-31(40)34-22-6-9-24(41-4)10-7-22)8-12-28(25)42-29(19)17-36(3)16-21-5-11-26(32)27(33)13-21/h5-14,19-20,29,38H,15-18H2,1-4H3,(H2,34,35,40)/t19-,20+,29-/m1/s1. The van der Waals surface area contributed by atoms with Crippen molar-refractivity contribution in [3.63, 3.8) is 0 Å². The van der Waals surface area contributed by atoms with E-state index in [1.54, 1.807) is 60.5 Å². The second kappa shape index (κ2) is 14.1. The summed E-state index contributed by atoms with van der Waals surface area (Å²) in [6.45, 7) is 5.24. The molecule has 1 aliphatic rings. The Hall–Kier alpha value is -3.50. The molecule has 0 radical (unpaired) electrons. The Labute approximate surface area is 256 Å². The molecule has 0 aliphatic carbocycles. The molecule has 9 nitrogen and oxygen atoms in total. The molecule has 0 unspecified atom stereocenters. The number of aliphatic hydroxyl groups is 1. The second-order valence-corrected chi connectivity index (χ2v) is 11.4. The molecule has 0 saturated heterocycles. The van der Waals surface area contributed by atoms with Gasteiger partial charge in [0, 0.05) is 36.9 Å². The van der Waals surface area contributed by atoms with Crippen molar-refractivity contribution in [1.29, 1.82) is 0 Å². The van der Waals surface area contributed by atoms with E-state index in [1.807, 2.05) is 33.0 Å². The van der Waals surface area contributed by atoms with Crippen LogP contribution in [0.25, 0.3) is 0 Å². The maximum atomic E-state index is 13.7. The van der Waals surface area contributed by atoms with E-state index in [0.717, 1.165) is 5.56 Å². The summed E-state index contributed by atoms with van der Waals surface area (Å²) in [4.78, 5) is 30.2. The van der Waals surface area contributed by atoms with Crippen LogP contribution in [0.4, 0.5) is 16.2 Å². The van der Waals surface area contributed by atoms with Gasteiger partial charge in [-0.05, 0) is 74.1 Å². The number of fused-ring (bicyclic) bond motifs is 1. The van der Waals surface area contributed by atoms with Crippen molar-refractivity contribution < 1.29 is 24.2 Å². The number of methoxy groups -OCH3 is 1. The van der Waals surface area contributed by atoms with Gasteiger partial charge in [0.1, 0.15) is 17.6 Å². The van der Waals surface area contributed by atoms with Gasteiger partial charge in [-0.2, -0.15) is 0 Å². The van der Waals surface area contributed by atoms with E-state index in [9.17, 15) is 14.7 Å². The summed E-state index contributed by atoms with van der Waals surface area (Å²) in [7, 11) is 3.56. The molecule has 3 aromatic carbocycles. The van der Waals surface area contributed by atoms with E-state index in [2.05, 4.69) is 15.5 Å². The lowest BCUT2D eigenvalue weighted by atomic mass is 9.99. The largest absolute Gasteiger partial charge is 0.497 e. The van der Waals surface area contributed by atoms with Crippen LogP contribution in [-0.4, -0.2) is 72.8 Å². The molecule has 0 spiro atoms. The van der Waals surface area contributed by atoms with Gasteiger partial charge < -0.3 is 30.1 Å². The van der Waals surface area contributed by atoms with Gasteiger partial charge in [0.05, 0.1) is 35.4 Å². The summed E-state index contributed by atoms with van der Waals surface area (Å²) < 4.78 is 11.6. The zero-order valence-electron chi connectivity index (χ0n) is 24.1. The minimum Gasteiger partial charge on any atom is -0.497 e. The molecule has 3 N–H and O–H groups in total. The number of hydrogen-bond donors (Lipinski definition) is 3. The zero-order valence-corrected chi connectivity index (χ0v) is 25.6. The van der Waals surface area contributed by atoms with Crippen LogP contribution in [0.3, 0.4) is 0 Å². The van der Waals surface area contributed by atoms with Gasteiger partial charge in [0.2, 0.25) is 0 Å². The number of likely N-dealkylation sites (N-methyl/N-ethyl adjacent to an activating group) is 1. The van der Waals surface area contributed by atoms with E-state index < -0.39 is 12.1 Å². The van der Waals surface area contributed by atoms with E-state index >= 15 is 0 Å². The predicted octanol–water partition coefficient (Wildman–Crippen LogP) is 6.00. The number of urea groups is 1. The maximum Gasteiger partial charge on any atom is 0.323 e. The fourth-order valence-electron chi connectivity index (χ4n) is 4.81. The van der Waals surface area contributed by atoms with Gasteiger partial charge in [0.25, 0.3) is 5.91 Å². The zero-order chi connectivity index (χ0) is 30.4. The van der Waals surface area contributed by atoms with Crippen LogP contribution in [0, 0.1) is 5.92 Å². The summed E-state index contributed by atoms with van der Waals surface area (Å²) in [5, 5.41) is 16.5. The third-order valence-corrected chi connectivity index (χ3v) is 7.94. The third-order valence-electron chi connectivity index (χ3n) is 7.20. The van der Waals surface area contributed by atoms with Crippen molar-refractivity contribution >= 4 is 46.5 Å². The van der Waals surface area contributed by atoms with Gasteiger partial charge in [-0.15, -0.1) is 0 Å². The molecule has 11 heteroatoms. The molecule has 0 bridgehead atoms. The van der Waals surface area contributed by atoms with Gasteiger partial charge in [-0.3, -0.25) is 9.69 Å². The summed E-state index contributed by atoms with van der Waals surface area (Å²) in [6.07, 6.45) is -0.268. The lowest BCUT2D eigenvalue weighted by Gasteiger charge is -2.38. The van der Waals surface area contributed by atoms with Crippen LogP contribution < -0.4 is 20.1 Å². The van der Waals surface area contributed by atoms with Gasteiger partial charge in [-0.25, -0.2) is 4.79 Å². The van der Waals surface area contributed by atoms with Crippen molar-refractivity contribution in [2.75, 3.05) is 44.5 Å². The number of aliphatic hydroxyl groups excluding tert-OH is 1. The highest BCUT2D eigenvalue weighted by Crippen LogP contribution is 2.31. The summed E-state index contributed by atoms with van der Waals surface area (Å²) >= 11 is 12.3. The van der Waals surface area contributed by atoms with Crippen LogP contribution >= 0.6 is 23.2 Å². The quantitative estimate of drug-likeness (QED) is 0.273. The number of benzene rings is 3. The number of carbonyl (C=O) groups is 2. The van der Waals surface area contributed by atoms with Gasteiger partial charge >= 0.3 is 6.03 Å². The molecule has 4 rings (SSSR count). The Balaban J connectivity index is 1.54. The van der Waals surface area contributed by atoms with E-state index in [0.29, 0.717) is 58.1 Å². The molecule has 0 fully saturated rings. The van der Waals surface area contributed by atoms with E-state index in [4.69, 9.17) is 32.7 Å². The maximum absolute atomic E-state index is 13.7. The Kier molecular flexibility index (Phi) is 10.6. The first-order valence-corrected chi connectivity index (χ1v) is 14.4. The first kappa shape index (κ1) is 31.4. The minimum absolute atomic E-state index is 0.0413. The highest BCUT2D eigenvalue weighted by molar-refractivity contribution is 6.42. The monoisotopic (exact) mass is 614 g/mol. The molecule has 224 valence electrons. The van der Waals surface area contributed by atoms with E-state index in [-0.39, 0.29) is 24.5 Å². The third kappa shape index (κ3) is 7.86. The molecule has 1 aliphatic heterocycles. The highest BCUT2D eigenvalue weighted by atomic mass is 35.5. The SMILES string of the molecule is COc1ccc(NC(=O)Nc2ccc3c(c2)C(=O)N([C@@H](C)CO)C[C@@H](C)[C@@H](CN(C)Cc2ccc(Cl)c(Cl)c2)O3)cc1. The molecular weight excluding hydrogens is 579 g/mol. The normalized spacial score (nSPS) is 17.5. The molecular formula is C31H36Cl2N4O5. The first-order chi connectivity index (χ1) is 20.1. The lowest BCUT2D eigenvalue weighted by molar-refractivity contribution is 0.0341. The molecule has 3 amide bonds. The Morgan fingerprint density at radius 1 is 1.10 bits per heavy atom. The van der Waals surface area contributed by atoms with Gasteiger partial charge in [0.15, 0.2) is 0 Å². The average Bonchev–Trinajstić information content (AvgIpc) is 2.97. The number of anilines is 2. The van der Waals surface area contributed by atoms with E-state index in [1.165, 1.54) is 0 Å². The molecule has 42 heavy (non-hydrogen) atoms. The van der Waals surface area contributed by atoms with Crippen LogP contribution in [0.1, 0.15) is 29.8 Å². The highest BCUT2D eigenvalue weighted by Gasteiger charge is 2.33. The Morgan fingerprint density at radius 3 is 2.45 bits per heavy atom. The average molecular weight is 616 g/mol. The molecule has 3 atom stereocenters. The fourth-order valence-corrected chi connectivity index (χ4v) is 5.13. The number of hydrogen-bond acceptors (Lipinski definition) is 6. The number of ether oxygens (including phenoxy) is 2. The van der Waals surface area contributed by atoms with Gasteiger partial charge in [-0.1, -0.05) is 36.2 Å². The Bertz CT molecular complexity index is 1400. The molecule has 3 aromatic rings. The van der Waals surface area contributed by atoms with Crippen molar-refractivity contribution in [3.05, 3.63) is 81.8 Å². The van der Waals surface area contributed by atoms with Crippen LogP contribution in [0.15, 0.2) is 60.7 Å². The predicted molar refractivity (Wildman–Crippen MR) is 166 cm³/mol. The van der Waals surface area contributed by atoms with Crippen molar-refractivity contribution in [2.24, 2.45) is 5.92 Å².